The Morgan fingerprint density at radius 1 is 1.28 bits per heavy atom. The molecule has 1 fully saturated rings. The van der Waals surface area contributed by atoms with E-state index < -0.39 is 12.2 Å². The summed E-state index contributed by atoms with van der Waals surface area (Å²) in [6.45, 7) is 2.10. The van der Waals surface area contributed by atoms with Crippen molar-refractivity contribution in [3.05, 3.63) is 34.9 Å². The smallest absolute Gasteiger partial charge is 0.328 e. The van der Waals surface area contributed by atoms with Gasteiger partial charge in [-0.2, -0.15) is 5.10 Å². The molecule has 2 aliphatic rings. The first-order chi connectivity index (χ1) is 12.0. The van der Waals surface area contributed by atoms with Gasteiger partial charge in [0, 0.05) is 31.2 Å². The molecule has 2 heterocycles. The van der Waals surface area contributed by atoms with Crippen molar-refractivity contribution in [2.75, 3.05) is 20.6 Å². The molecular formula is C16H19ClN6O2. The number of hydrazone groups is 1. The molecule has 0 bridgehead atoms. The molecule has 0 aromatic heterocycles. The minimum absolute atomic E-state index is 0.256. The predicted molar refractivity (Wildman–Crippen MR) is 95.5 cm³/mol. The SMILES string of the molecule is CCN1C(=O)C2C(N=C(N/N=C/c3ccccc3Cl)N2C)N(C)C1=O. The molecule has 3 amide bonds. The van der Waals surface area contributed by atoms with Gasteiger partial charge in [-0.3, -0.25) is 9.69 Å². The monoisotopic (exact) mass is 362 g/mol. The van der Waals surface area contributed by atoms with E-state index in [0.29, 0.717) is 17.5 Å². The average molecular weight is 363 g/mol. The lowest BCUT2D eigenvalue weighted by Gasteiger charge is -2.39. The second kappa shape index (κ2) is 6.72. The highest BCUT2D eigenvalue weighted by Gasteiger charge is 2.50. The summed E-state index contributed by atoms with van der Waals surface area (Å²) >= 11 is 6.08. The maximum atomic E-state index is 12.6. The van der Waals surface area contributed by atoms with Crippen LogP contribution >= 0.6 is 11.6 Å². The van der Waals surface area contributed by atoms with E-state index in [1.807, 2.05) is 18.2 Å². The average Bonchev–Trinajstić information content (AvgIpc) is 2.92. The summed E-state index contributed by atoms with van der Waals surface area (Å²) in [7, 11) is 3.39. The predicted octanol–water partition coefficient (Wildman–Crippen LogP) is 1.17. The van der Waals surface area contributed by atoms with Crippen LogP contribution in [0.1, 0.15) is 12.5 Å². The van der Waals surface area contributed by atoms with Crippen molar-refractivity contribution in [1.29, 1.82) is 0 Å². The van der Waals surface area contributed by atoms with Crippen LogP contribution in [0, 0.1) is 0 Å². The minimum Gasteiger partial charge on any atom is -0.329 e. The van der Waals surface area contributed by atoms with E-state index in [2.05, 4.69) is 15.5 Å². The Kier molecular flexibility index (Phi) is 4.63. The third-order valence-corrected chi connectivity index (χ3v) is 4.67. The molecule has 8 nitrogen and oxygen atoms in total. The van der Waals surface area contributed by atoms with E-state index in [-0.39, 0.29) is 11.9 Å². The number of hydrogen-bond donors (Lipinski definition) is 1. The third kappa shape index (κ3) is 2.93. The van der Waals surface area contributed by atoms with Gasteiger partial charge in [-0.15, -0.1) is 0 Å². The molecule has 1 aromatic rings. The van der Waals surface area contributed by atoms with Crippen LogP contribution in [-0.4, -0.2) is 71.7 Å². The van der Waals surface area contributed by atoms with E-state index in [0.717, 1.165) is 5.56 Å². The van der Waals surface area contributed by atoms with Crippen molar-refractivity contribution in [2.24, 2.45) is 10.1 Å². The first-order valence-corrected chi connectivity index (χ1v) is 8.26. The molecule has 1 N–H and O–H groups in total. The number of fused-ring (bicyclic) bond motifs is 1. The molecule has 0 saturated carbocycles. The summed E-state index contributed by atoms with van der Waals surface area (Å²) < 4.78 is 0. The van der Waals surface area contributed by atoms with Crippen LogP contribution in [0.3, 0.4) is 0 Å². The Morgan fingerprint density at radius 3 is 2.68 bits per heavy atom. The van der Waals surface area contributed by atoms with Gasteiger partial charge in [0.2, 0.25) is 5.96 Å². The van der Waals surface area contributed by atoms with E-state index in [4.69, 9.17) is 11.6 Å². The second-order valence-corrected chi connectivity index (χ2v) is 6.20. The van der Waals surface area contributed by atoms with E-state index in [9.17, 15) is 9.59 Å². The van der Waals surface area contributed by atoms with Crippen LogP contribution in [0.15, 0.2) is 34.4 Å². The van der Waals surface area contributed by atoms with Crippen LogP contribution in [0.2, 0.25) is 5.02 Å². The number of carbonyl (C=O) groups excluding carboxylic acids is 2. The van der Waals surface area contributed by atoms with Gasteiger partial charge in [0.25, 0.3) is 5.91 Å². The largest absolute Gasteiger partial charge is 0.329 e. The maximum Gasteiger partial charge on any atom is 0.328 e. The zero-order valence-electron chi connectivity index (χ0n) is 14.2. The standard InChI is InChI=1S/C16H19ClN6O2/c1-4-23-14(24)12-13(22(3)16(23)25)19-15(21(12)2)20-18-9-10-7-5-6-8-11(10)17/h5-9,12-13H,4H2,1-3H3,(H,19,20)/b18-9+. The molecule has 2 aliphatic heterocycles. The number of hydrogen-bond acceptors (Lipinski definition) is 6. The summed E-state index contributed by atoms with van der Waals surface area (Å²) in [6, 6.07) is 6.41. The Balaban J connectivity index is 1.77. The van der Waals surface area contributed by atoms with Crippen molar-refractivity contribution in [1.82, 2.24) is 20.1 Å². The number of nitrogens with one attached hydrogen (secondary N) is 1. The van der Waals surface area contributed by atoms with Crippen LogP contribution in [0.25, 0.3) is 0 Å². The fourth-order valence-corrected chi connectivity index (χ4v) is 3.09. The number of rotatable bonds is 3. The van der Waals surface area contributed by atoms with Gasteiger partial charge in [-0.05, 0) is 13.0 Å². The number of aliphatic imine (C=N–C) groups is 1. The number of benzene rings is 1. The molecule has 132 valence electrons. The first-order valence-electron chi connectivity index (χ1n) is 7.88. The molecule has 2 unspecified atom stereocenters. The molecule has 0 aliphatic carbocycles. The summed E-state index contributed by atoms with van der Waals surface area (Å²) in [6.07, 6.45) is 1.02. The summed E-state index contributed by atoms with van der Waals surface area (Å²) in [4.78, 5) is 33.6. The van der Waals surface area contributed by atoms with Crippen LogP contribution in [-0.2, 0) is 4.79 Å². The molecule has 25 heavy (non-hydrogen) atoms. The van der Waals surface area contributed by atoms with Crippen LogP contribution in [0.5, 0.6) is 0 Å². The lowest BCUT2D eigenvalue weighted by Crippen LogP contribution is -2.64. The Labute approximate surface area is 150 Å². The normalized spacial score (nSPS) is 23.4. The van der Waals surface area contributed by atoms with Gasteiger partial charge in [-0.1, -0.05) is 29.8 Å². The van der Waals surface area contributed by atoms with Gasteiger partial charge in [0.1, 0.15) is 0 Å². The molecule has 0 radical (unpaired) electrons. The number of guanidine groups is 1. The quantitative estimate of drug-likeness (QED) is 0.646. The molecule has 3 rings (SSSR count). The van der Waals surface area contributed by atoms with E-state index >= 15 is 0 Å². The Bertz CT molecular complexity index is 765. The molecule has 9 heteroatoms. The lowest BCUT2D eigenvalue weighted by molar-refractivity contribution is -0.136. The van der Waals surface area contributed by atoms with Gasteiger partial charge in [0.15, 0.2) is 12.2 Å². The molecular weight excluding hydrogens is 344 g/mol. The highest BCUT2D eigenvalue weighted by molar-refractivity contribution is 6.33. The summed E-state index contributed by atoms with van der Waals surface area (Å²) in [5.41, 5.74) is 3.59. The molecule has 0 spiro atoms. The molecule has 1 saturated heterocycles. The van der Waals surface area contributed by atoms with Crippen molar-refractivity contribution in [2.45, 2.75) is 19.1 Å². The highest BCUT2D eigenvalue weighted by atomic mass is 35.5. The van der Waals surface area contributed by atoms with Gasteiger partial charge in [-0.25, -0.2) is 15.2 Å². The number of carbonyl (C=O) groups is 2. The zero-order chi connectivity index (χ0) is 18.1. The number of amides is 3. The third-order valence-electron chi connectivity index (χ3n) is 4.33. The number of halogens is 1. The Morgan fingerprint density at radius 2 is 2.00 bits per heavy atom. The van der Waals surface area contributed by atoms with E-state index in [1.165, 1.54) is 9.80 Å². The first kappa shape index (κ1) is 17.2. The molecule has 1 aromatic carbocycles. The van der Waals surface area contributed by atoms with Crippen LogP contribution < -0.4 is 5.43 Å². The Hall–Kier alpha value is -2.61. The topological polar surface area (TPSA) is 80.6 Å². The zero-order valence-corrected chi connectivity index (χ0v) is 14.9. The number of nitrogens with zero attached hydrogens (tertiary/aromatic N) is 5. The van der Waals surface area contributed by atoms with Gasteiger partial charge < -0.3 is 9.80 Å². The summed E-state index contributed by atoms with van der Waals surface area (Å²) in [5.74, 6) is 0.165. The fourth-order valence-electron chi connectivity index (χ4n) is 2.91. The lowest BCUT2D eigenvalue weighted by atomic mass is 10.1. The fraction of sp³-hybridized carbons (Fsp3) is 0.375. The second-order valence-electron chi connectivity index (χ2n) is 5.79. The van der Waals surface area contributed by atoms with Crippen LogP contribution in [0.4, 0.5) is 4.79 Å². The van der Waals surface area contributed by atoms with Crippen molar-refractivity contribution in [3.63, 3.8) is 0 Å². The molecule has 2 atom stereocenters. The van der Waals surface area contributed by atoms with Gasteiger partial charge in [0.05, 0.1) is 6.21 Å². The number of imide groups is 1. The minimum atomic E-state index is -0.564. The van der Waals surface area contributed by atoms with Crippen molar-refractivity contribution in [3.8, 4) is 0 Å². The summed E-state index contributed by atoms with van der Waals surface area (Å²) in [5, 5.41) is 4.73. The van der Waals surface area contributed by atoms with Gasteiger partial charge >= 0.3 is 6.03 Å². The van der Waals surface area contributed by atoms with E-state index in [1.54, 1.807) is 38.2 Å². The van der Waals surface area contributed by atoms with Crippen molar-refractivity contribution < 1.29 is 9.59 Å². The maximum absolute atomic E-state index is 12.6. The highest BCUT2D eigenvalue weighted by Crippen LogP contribution is 2.25. The van der Waals surface area contributed by atoms with Crippen molar-refractivity contribution >= 4 is 35.7 Å². The number of likely N-dealkylation sites (N-methyl/N-ethyl adjacent to an activating group) is 3. The number of urea groups is 1.